The molecule has 0 unspecified atom stereocenters. The molecule has 0 bridgehead atoms. The molecule has 1 saturated heterocycles. The molecule has 0 amide bonds. The zero-order chi connectivity index (χ0) is 14.7. The molecule has 118 valence electrons. The third kappa shape index (κ3) is 4.06. The number of piperazine rings is 1. The van der Waals surface area contributed by atoms with Crippen molar-refractivity contribution < 1.29 is 17.0 Å². The molecule has 2 aromatic carbocycles. The van der Waals surface area contributed by atoms with E-state index in [1.807, 2.05) is 11.8 Å². The molecule has 2 nitrogen and oxygen atoms in total. The van der Waals surface area contributed by atoms with E-state index in [9.17, 15) is 0 Å². The van der Waals surface area contributed by atoms with Crippen molar-refractivity contribution in [1.29, 1.82) is 0 Å². The van der Waals surface area contributed by atoms with Crippen molar-refractivity contribution in [2.45, 2.75) is 23.6 Å². The van der Waals surface area contributed by atoms with Crippen LogP contribution in [0.25, 0.3) is 0 Å². The standard InChI is InChI=1S/C18H22N2S.BrH/c1-14-7-8-17(15(2)13-14)21-18-6-4-3-5-16(18)20-11-9-19-10-12-20;/h3-8,13,19H,9-12H2,1-2H3;1H/p-1. The number of rotatable bonds is 3. The van der Waals surface area contributed by atoms with Crippen LogP contribution >= 0.6 is 11.8 Å². The second kappa shape index (κ2) is 8.04. The maximum atomic E-state index is 3.42. The largest absolute Gasteiger partial charge is 1.00 e. The Labute approximate surface area is 148 Å². The molecule has 1 aliphatic heterocycles. The van der Waals surface area contributed by atoms with Crippen LogP contribution in [-0.4, -0.2) is 26.2 Å². The fraction of sp³-hybridized carbons (Fsp3) is 0.333. The summed E-state index contributed by atoms with van der Waals surface area (Å²) in [6.07, 6.45) is 0. The minimum Gasteiger partial charge on any atom is -1.00 e. The highest BCUT2D eigenvalue weighted by atomic mass is 79.9. The molecule has 0 spiro atoms. The van der Waals surface area contributed by atoms with Gasteiger partial charge in [-0.1, -0.05) is 41.6 Å². The Morgan fingerprint density at radius 3 is 2.41 bits per heavy atom. The molecular formula is C18H22BrN2S-. The summed E-state index contributed by atoms with van der Waals surface area (Å²) in [5.41, 5.74) is 4.05. The van der Waals surface area contributed by atoms with Crippen LogP contribution in [0.15, 0.2) is 52.3 Å². The number of halogens is 1. The Hall–Kier alpha value is -0.970. The van der Waals surface area contributed by atoms with Crippen molar-refractivity contribution in [2.75, 3.05) is 31.1 Å². The van der Waals surface area contributed by atoms with Crippen molar-refractivity contribution in [2.24, 2.45) is 0 Å². The van der Waals surface area contributed by atoms with Crippen LogP contribution in [0.2, 0.25) is 0 Å². The predicted molar refractivity (Wildman–Crippen MR) is 91.6 cm³/mol. The Balaban J connectivity index is 0.00000176. The van der Waals surface area contributed by atoms with E-state index in [4.69, 9.17) is 0 Å². The third-order valence-corrected chi connectivity index (χ3v) is 5.12. The first-order valence-corrected chi connectivity index (χ1v) is 8.35. The van der Waals surface area contributed by atoms with Gasteiger partial charge in [0.1, 0.15) is 0 Å². The lowest BCUT2D eigenvalue weighted by atomic mass is 10.2. The van der Waals surface area contributed by atoms with E-state index in [0.29, 0.717) is 0 Å². The number of aryl methyl sites for hydroxylation is 2. The lowest BCUT2D eigenvalue weighted by Gasteiger charge is -2.31. The van der Waals surface area contributed by atoms with Gasteiger partial charge in [0, 0.05) is 36.0 Å². The van der Waals surface area contributed by atoms with Crippen LogP contribution in [0, 0.1) is 13.8 Å². The van der Waals surface area contributed by atoms with Gasteiger partial charge < -0.3 is 27.2 Å². The monoisotopic (exact) mass is 377 g/mol. The first-order valence-electron chi connectivity index (χ1n) is 7.54. The van der Waals surface area contributed by atoms with E-state index in [-0.39, 0.29) is 17.0 Å². The number of anilines is 1. The number of para-hydroxylation sites is 1. The summed E-state index contributed by atoms with van der Waals surface area (Å²) in [5.74, 6) is 0. The zero-order valence-electron chi connectivity index (χ0n) is 13.1. The molecule has 1 fully saturated rings. The summed E-state index contributed by atoms with van der Waals surface area (Å²) in [6, 6.07) is 15.5. The Bertz CT molecular complexity index is 624. The van der Waals surface area contributed by atoms with Crippen LogP contribution in [0.4, 0.5) is 5.69 Å². The van der Waals surface area contributed by atoms with Crippen LogP contribution < -0.4 is 27.2 Å². The highest BCUT2D eigenvalue weighted by Crippen LogP contribution is 2.37. The van der Waals surface area contributed by atoms with Gasteiger partial charge in [-0.05, 0) is 37.6 Å². The number of hydrogen-bond acceptors (Lipinski definition) is 3. The average Bonchev–Trinajstić information content (AvgIpc) is 2.51. The van der Waals surface area contributed by atoms with Gasteiger partial charge in [0.15, 0.2) is 0 Å². The molecule has 4 heteroatoms. The Morgan fingerprint density at radius 2 is 1.68 bits per heavy atom. The summed E-state index contributed by atoms with van der Waals surface area (Å²) in [5, 5.41) is 3.42. The lowest BCUT2D eigenvalue weighted by Crippen LogP contribution is -3.00. The molecule has 0 aromatic heterocycles. The summed E-state index contributed by atoms with van der Waals surface area (Å²) in [6.45, 7) is 8.67. The van der Waals surface area contributed by atoms with Gasteiger partial charge in [0.05, 0.1) is 5.69 Å². The highest BCUT2D eigenvalue weighted by molar-refractivity contribution is 7.99. The number of nitrogens with one attached hydrogen (secondary N) is 1. The molecule has 0 radical (unpaired) electrons. The fourth-order valence-electron chi connectivity index (χ4n) is 2.74. The number of benzene rings is 2. The van der Waals surface area contributed by atoms with Gasteiger partial charge in [-0.2, -0.15) is 0 Å². The average molecular weight is 378 g/mol. The maximum absolute atomic E-state index is 3.42. The second-order valence-corrected chi connectivity index (χ2v) is 6.66. The number of hydrogen-bond donors (Lipinski definition) is 1. The molecular weight excluding hydrogens is 356 g/mol. The summed E-state index contributed by atoms with van der Waals surface area (Å²) in [7, 11) is 0. The first-order chi connectivity index (χ1) is 10.2. The smallest absolute Gasteiger partial charge is 0.0508 e. The van der Waals surface area contributed by atoms with Crippen molar-refractivity contribution in [3.05, 3.63) is 53.6 Å². The van der Waals surface area contributed by atoms with Crippen LogP contribution in [0.3, 0.4) is 0 Å². The van der Waals surface area contributed by atoms with Gasteiger partial charge in [0.25, 0.3) is 0 Å². The van der Waals surface area contributed by atoms with Crippen molar-refractivity contribution >= 4 is 17.4 Å². The van der Waals surface area contributed by atoms with E-state index in [1.54, 1.807) is 0 Å². The van der Waals surface area contributed by atoms with Crippen molar-refractivity contribution in [1.82, 2.24) is 5.32 Å². The maximum Gasteiger partial charge on any atom is 0.0508 e. The van der Waals surface area contributed by atoms with Crippen molar-refractivity contribution in [3.8, 4) is 0 Å². The molecule has 22 heavy (non-hydrogen) atoms. The molecule has 1 aliphatic rings. The van der Waals surface area contributed by atoms with Crippen LogP contribution in [0.1, 0.15) is 11.1 Å². The molecule has 1 N–H and O–H groups in total. The van der Waals surface area contributed by atoms with Gasteiger partial charge >= 0.3 is 0 Å². The normalized spacial score (nSPS) is 14.5. The van der Waals surface area contributed by atoms with Crippen LogP contribution in [0.5, 0.6) is 0 Å². The first kappa shape index (κ1) is 17.4. The Kier molecular flexibility index (Phi) is 6.36. The summed E-state index contributed by atoms with van der Waals surface area (Å²) in [4.78, 5) is 5.19. The minimum absolute atomic E-state index is 0. The molecule has 3 rings (SSSR count). The highest BCUT2D eigenvalue weighted by Gasteiger charge is 2.14. The van der Waals surface area contributed by atoms with E-state index in [2.05, 4.69) is 66.5 Å². The van der Waals surface area contributed by atoms with E-state index in [0.717, 1.165) is 26.2 Å². The topological polar surface area (TPSA) is 15.3 Å². The zero-order valence-corrected chi connectivity index (χ0v) is 15.5. The van der Waals surface area contributed by atoms with Gasteiger partial charge in [0.2, 0.25) is 0 Å². The third-order valence-electron chi connectivity index (χ3n) is 3.87. The fourth-order valence-corrected chi connectivity index (χ4v) is 3.78. The molecule has 0 atom stereocenters. The lowest BCUT2D eigenvalue weighted by molar-refractivity contribution is -0.00000435. The van der Waals surface area contributed by atoms with Crippen LogP contribution in [-0.2, 0) is 0 Å². The van der Waals surface area contributed by atoms with Gasteiger partial charge in [-0.3, -0.25) is 0 Å². The van der Waals surface area contributed by atoms with E-state index < -0.39 is 0 Å². The SMILES string of the molecule is Cc1ccc(Sc2ccccc2N2CCNCC2)c(C)c1.[Br-]. The quantitative estimate of drug-likeness (QED) is 0.854. The van der Waals surface area contributed by atoms with Crippen molar-refractivity contribution in [3.63, 3.8) is 0 Å². The van der Waals surface area contributed by atoms with Gasteiger partial charge in [-0.25, -0.2) is 0 Å². The summed E-state index contributed by atoms with van der Waals surface area (Å²) >= 11 is 1.88. The minimum atomic E-state index is 0. The summed E-state index contributed by atoms with van der Waals surface area (Å²) < 4.78 is 0. The molecule has 0 aliphatic carbocycles. The second-order valence-electron chi connectivity index (χ2n) is 5.58. The Morgan fingerprint density at radius 1 is 0.955 bits per heavy atom. The van der Waals surface area contributed by atoms with Gasteiger partial charge in [-0.15, -0.1) is 0 Å². The molecule has 0 saturated carbocycles. The molecule has 1 heterocycles. The predicted octanol–water partition coefficient (Wildman–Crippen LogP) is 0.868. The van der Waals surface area contributed by atoms with E-state index in [1.165, 1.54) is 26.6 Å². The number of nitrogens with zero attached hydrogens (tertiary/aromatic N) is 1. The molecule has 2 aromatic rings. The van der Waals surface area contributed by atoms with E-state index >= 15 is 0 Å².